The molecule has 0 aliphatic carbocycles. The van der Waals surface area contributed by atoms with E-state index in [0.717, 1.165) is 12.0 Å². The number of benzene rings is 1. The number of hydrogen-bond acceptors (Lipinski definition) is 4. The molecule has 0 saturated heterocycles. The van der Waals surface area contributed by atoms with Crippen LogP contribution in [0, 0.1) is 6.92 Å². The predicted octanol–water partition coefficient (Wildman–Crippen LogP) is 2.32. The molecular formula is C13H19NO4. The Morgan fingerprint density at radius 2 is 2.17 bits per heavy atom. The molecule has 18 heavy (non-hydrogen) atoms. The molecule has 1 amide bonds. The summed E-state index contributed by atoms with van der Waals surface area (Å²) in [4.78, 5) is 11.4. The highest BCUT2D eigenvalue weighted by molar-refractivity contribution is 5.86. The summed E-state index contributed by atoms with van der Waals surface area (Å²) in [6.07, 6.45) is 0.289. The maximum atomic E-state index is 11.4. The molecule has 1 aromatic carbocycles. The van der Waals surface area contributed by atoms with Crippen LogP contribution in [0.1, 0.15) is 18.9 Å². The van der Waals surface area contributed by atoms with Crippen LogP contribution in [0.2, 0.25) is 0 Å². The van der Waals surface area contributed by atoms with Crippen LogP contribution in [-0.2, 0) is 4.74 Å². The minimum atomic E-state index is -0.603. The molecule has 5 nitrogen and oxygen atoms in total. The van der Waals surface area contributed by atoms with Crippen molar-refractivity contribution in [3.63, 3.8) is 0 Å². The van der Waals surface area contributed by atoms with Crippen LogP contribution in [0.3, 0.4) is 0 Å². The number of anilines is 1. The summed E-state index contributed by atoms with van der Waals surface area (Å²) in [6.45, 7) is 4.33. The molecule has 0 bridgehead atoms. The average Bonchev–Trinajstić information content (AvgIpc) is 2.36. The van der Waals surface area contributed by atoms with Gasteiger partial charge in [-0.3, -0.25) is 5.32 Å². The van der Waals surface area contributed by atoms with Gasteiger partial charge in [0.2, 0.25) is 0 Å². The van der Waals surface area contributed by atoms with Crippen molar-refractivity contribution in [2.75, 3.05) is 25.1 Å². The molecule has 0 aliphatic heterocycles. The predicted molar refractivity (Wildman–Crippen MR) is 69.0 cm³/mol. The van der Waals surface area contributed by atoms with Crippen molar-refractivity contribution in [2.24, 2.45) is 0 Å². The van der Waals surface area contributed by atoms with Gasteiger partial charge >= 0.3 is 6.09 Å². The minimum absolute atomic E-state index is 0.0250. The number of carbonyl (C=O) groups is 1. The maximum absolute atomic E-state index is 11.4. The second kappa shape index (κ2) is 7.55. The molecule has 0 radical (unpaired) electrons. The Labute approximate surface area is 107 Å². The molecule has 0 heterocycles. The van der Waals surface area contributed by atoms with Crippen molar-refractivity contribution in [2.45, 2.75) is 20.3 Å². The highest BCUT2D eigenvalue weighted by atomic mass is 16.6. The number of nitrogens with one attached hydrogen (secondary N) is 1. The fraction of sp³-hybridized carbons (Fsp3) is 0.462. The van der Waals surface area contributed by atoms with E-state index >= 15 is 0 Å². The zero-order chi connectivity index (χ0) is 13.4. The molecule has 0 atom stereocenters. The van der Waals surface area contributed by atoms with E-state index in [1.807, 2.05) is 26.0 Å². The monoisotopic (exact) mass is 253 g/mol. The van der Waals surface area contributed by atoms with Crippen LogP contribution in [0.15, 0.2) is 18.2 Å². The Kier molecular flexibility index (Phi) is 6.00. The van der Waals surface area contributed by atoms with Gasteiger partial charge in [0.25, 0.3) is 0 Å². The number of carbonyl (C=O) groups excluding carboxylic acids is 1. The number of aliphatic hydroxyl groups is 1. The summed E-state index contributed by atoms with van der Waals surface area (Å²) >= 11 is 0. The first-order chi connectivity index (χ1) is 8.67. The second-order valence-corrected chi connectivity index (χ2v) is 3.83. The SMILES string of the molecule is CCCOc1cc(C)ccc1NC(=O)OCCO. The number of amides is 1. The van der Waals surface area contributed by atoms with Crippen molar-refractivity contribution in [1.29, 1.82) is 0 Å². The van der Waals surface area contributed by atoms with Crippen molar-refractivity contribution in [3.8, 4) is 5.75 Å². The van der Waals surface area contributed by atoms with Gasteiger partial charge in [-0.05, 0) is 31.0 Å². The molecular weight excluding hydrogens is 234 g/mol. The topological polar surface area (TPSA) is 67.8 Å². The third-order valence-corrected chi connectivity index (χ3v) is 2.16. The lowest BCUT2D eigenvalue weighted by atomic mass is 10.2. The Morgan fingerprint density at radius 1 is 1.39 bits per heavy atom. The first kappa shape index (κ1) is 14.3. The number of hydrogen-bond donors (Lipinski definition) is 2. The van der Waals surface area contributed by atoms with Crippen LogP contribution in [0.25, 0.3) is 0 Å². The molecule has 0 aliphatic rings. The molecule has 1 aromatic rings. The third-order valence-electron chi connectivity index (χ3n) is 2.16. The lowest BCUT2D eigenvalue weighted by Gasteiger charge is -2.12. The third kappa shape index (κ3) is 4.63. The van der Waals surface area contributed by atoms with Gasteiger partial charge < -0.3 is 14.6 Å². The highest BCUT2D eigenvalue weighted by Gasteiger charge is 2.08. The second-order valence-electron chi connectivity index (χ2n) is 3.83. The molecule has 2 N–H and O–H groups in total. The number of aliphatic hydroxyl groups excluding tert-OH is 1. The molecule has 5 heteroatoms. The van der Waals surface area contributed by atoms with Gasteiger partial charge in [0.1, 0.15) is 12.4 Å². The van der Waals surface area contributed by atoms with E-state index in [0.29, 0.717) is 18.0 Å². The van der Waals surface area contributed by atoms with Gasteiger partial charge in [0, 0.05) is 0 Å². The van der Waals surface area contributed by atoms with E-state index in [2.05, 4.69) is 5.32 Å². The minimum Gasteiger partial charge on any atom is -0.491 e. The van der Waals surface area contributed by atoms with Crippen molar-refractivity contribution in [3.05, 3.63) is 23.8 Å². The fourth-order valence-corrected chi connectivity index (χ4v) is 1.35. The zero-order valence-electron chi connectivity index (χ0n) is 10.7. The number of ether oxygens (including phenoxy) is 2. The van der Waals surface area contributed by atoms with Crippen LogP contribution in [-0.4, -0.2) is 31.0 Å². The molecule has 0 aromatic heterocycles. The van der Waals surface area contributed by atoms with Gasteiger partial charge in [-0.25, -0.2) is 4.79 Å². The van der Waals surface area contributed by atoms with Crippen LogP contribution in [0.5, 0.6) is 5.75 Å². The number of aryl methyl sites for hydroxylation is 1. The zero-order valence-corrected chi connectivity index (χ0v) is 10.7. The Hall–Kier alpha value is -1.75. The molecule has 100 valence electrons. The first-order valence-corrected chi connectivity index (χ1v) is 5.95. The standard InChI is InChI=1S/C13H19NO4/c1-3-7-17-12-9-10(2)4-5-11(12)14-13(16)18-8-6-15/h4-5,9,15H,3,6-8H2,1-2H3,(H,14,16). The van der Waals surface area contributed by atoms with Crippen molar-refractivity contribution in [1.82, 2.24) is 0 Å². The maximum Gasteiger partial charge on any atom is 0.411 e. The van der Waals surface area contributed by atoms with E-state index in [1.54, 1.807) is 6.07 Å². The lowest BCUT2D eigenvalue weighted by molar-refractivity contribution is 0.131. The molecule has 0 unspecified atom stereocenters. The first-order valence-electron chi connectivity index (χ1n) is 5.95. The van der Waals surface area contributed by atoms with Gasteiger partial charge in [0.15, 0.2) is 0 Å². The van der Waals surface area contributed by atoms with E-state index in [4.69, 9.17) is 14.6 Å². The summed E-state index contributed by atoms with van der Waals surface area (Å²) in [7, 11) is 0. The average molecular weight is 253 g/mol. The molecule has 0 saturated carbocycles. The summed E-state index contributed by atoms with van der Waals surface area (Å²) in [5.74, 6) is 0.623. The summed E-state index contributed by atoms with van der Waals surface area (Å²) in [6, 6.07) is 5.50. The normalized spacial score (nSPS) is 9.94. The van der Waals surface area contributed by atoms with Crippen molar-refractivity contribution >= 4 is 11.8 Å². The molecule has 1 rings (SSSR count). The quantitative estimate of drug-likeness (QED) is 0.816. The lowest BCUT2D eigenvalue weighted by Crippen LogP contribution is -2.16. The van der Waals surface area contributed by atoms with E-state index in [-0.39, 0.29) is 13.2 Å². The molecule has 0 spiro atoms. The van der Waals surface area contributed by atoms with E-state index in [1.165, 1.54) is 0 Å². The van der Waals surface area contributed by atoms with Gasteiger partial charge in [-0.1, -0.05) is 13.0 Å². The Bertz CT molecular complexity index is 393. The molecule has 0 fully saturated rings. The summed E-state index contributed by atoms with van der Waals surface area (Å²) in [5.41, 5.74) is 1.62. The Morgan fingerprint density at radius 3 is 2.83 bits per heavy atom. The van der Waals surface area contributed by atoms with E-state index in [9.17, 15) is 4.79 Å². The van der Waals surface area contributed by atoms with Gasteiger partial charge in [0.05, 0.1) is 18.9 Å². The summed E-state index contributed by atoms with van der Waals surface area (Å²) in [5, 5.41) is 11.1. The summed E-state index contributed by atoms with van der Waals surface area (Å²) < 4.78 is 10.3. The van der Waals surface area contributed by atoms with Gasteiger partial charge in [-0.15, -0.1) is 0 Å². The van der Waals surface area contributed by atoms with E-state index < -0.39 is 6.09 Å². The smallest absolute Gasteiger partial charge is 0.411 e. The van der Waals surface area contributed by atoms with Crippen LogP contribution < -0.4 is 10.1 Å². The Balaban J connectivity index is 2.70. The largest absolute Gasteiger partial charge is 0.491 e. The van der Waals surface area contributed by atoms with Crippen molar-refractivity contribution < 1.29 is 19.4 Å². The van der Waals surface area contributed by atoms with Crippen LogP contribution in [0.4, 0.5) is 10.5 Å². The number of rotatable bonds is 6. The fourth-order valence-electron chi connectivity index (χ4n) is 1.35. The highest BCUT2D eigenvalue weighted by Crippen LogP contribution is 2.26. The van der Waals surface area contributed by atoms with Crippen LogP contribution >= 0.6 is 0 Å². The van der Waals surface area contributed by atoms with Gasteiger partial charge in [-0.2, -0.15) is 0 Å².